The molecule has 0 unspecified atom stereocenters. The summed E-state index contributed by atoms with van der Waals surface area (Å²) in [6, 6.07) is 10.3. The minimum Gasteiger partial charge on any atom is -0.406 e. The van der Waals surface area contributed by atoms with Crippen LogP contribution in [0.15, 0.2) is 48.5 Å². The highest BCUT2D eigenvalue weighted by atomic mass is 19.4. The van der Waals surface area contributed by atoms with Gasteiger partial charge in [-0.2, -0.15) is 0 Å². The molecule has 0 radical (unpaired) electrons. The van der Waals surface area contributed by atoms with Gasteiger partial charge in [0.05, 0.1) is 11.3 Å². The maximum Gasteiger partial charge on any atom is 0.573 e. The number of benzene rings is 2. The molecule has 1 heterocycles. The van der Waals surface area contributed by atoms with Gasteiger partial charge in [-0.05, 0) is 42.8 Å². The highest BCUT2D eigenvalue weighted by Crippen LogP contribution is 2.24. The zero-order valence-corrected chi connectivity index (χ0v) is 14.9. The smallest absolute Gasteiger partial charge is 0.406 e. The number of para-hydroxylation sites is 1. The highest BCUT2D eigenvalue weighted by Gasteiger charge is 2.31. The summed E-state index contributed by atoms with van der Waals surface area (Å²) in [5.74, 6) is -1.74. The van der Waals surface area contributed by atoms with Crippen LogP contribution in [0.25, 0.3) is 0 Å². The van der Waals surface area contributed by atoms with Crippen LogP contribution in [0, 0.1) is 0 Å². The van der Waals surface area contributed by atoms with Crippen molar-refractivity contribution in [1.29, 1.82) is 0 Å². The number of nitrogens with one attached hydrogen (secondary N) is 3. The van der Waals surface area contributed by atoms with Gasteiger partial charge in [-0.3, -0.25) is 14.4 Å². The second-order valence-electron chi connectivity index (χ2n) is 6.22. The number of amides is 3. The van der Waals surface area contributed by atoms with Gasteiger partial charge in [-0.25, -0.2) is 0 Å². The number of carbonyl (C=O) groups is 3. The molecule has 0 bridgehead atoms. The van der Waals surface area contributed by atoms with E-state index < -0.39 is 35.9 Å². The first-order chi connectivity index (χ1) is 13.7. The fourth-order valence-electron chi connectivity index (χ4n) is 2.75. The Hall–Kier alpha value is -3.56. The van der Waals surface area contributed by atoms with E-state index in [1.165, 1.54) is 12.1 Å². The molecule has 29 heavy (non-hydrogen) atoms. The Morgan fingerprint density at radius 3 is 2.45 bits per heavy atom. The molecular formula is C19H16F3N3O4. The predicted molar refractivity (Wildman–Crippen MR) is 97.3 cm³/mol. The van der Waals surface area contributed by atoms with Gasteiger partial charge in [0.15, 0.2) is 0 Å². The number of anilines is 2. The molecule has 3 amide bonds. The third kappa shape index (κ3) is 5.47. The maximum absolute atomic E-state index is 12.3. The van der Waals surface area contributed by atoms with Crippen LogP contribution in [-0.4, -0.2) is 30.1 Å². The molecule has 0 aliphatic carbocycles. The molecule has 0 saturated carbocycles. The van der Waals surface area contributed by atoms with E-state index in [1.54, 1.807) is 24.3 Å². The summed E-state index contributed by atoms with van der Waals surface area (Å²) in [5.41, 5.74) is 0.989. The van der Waals surface area contributed by atoms with Crippen LogP contribution in [0.4, 0.5) is 24.5 Å². The molecule has 3 rings (SSSR count). The number of hydrogen-bond acceptors (Lipinski definition) is 4. The van der Waals surface area contributed by atoms with E-state index in [0.29, 0.717) is 11.3 Å². The number of ether oxygens (including phenoxy) is 1. The van der Waals surface area contributed by atoms with Gasteiger partial charge in [0.2, 0.25) is 11.8 Å². The molecule has 3 N–H and O–H groups in total. The molecule has 152 valence electrons. The number of hydrogen-bond donors (Lipinski definition) is 3. The number of fused-ring (bicyclic) bond motifs is 1. The van der Waals surface area contributed by atoms with Gasteiger partial charge in [0.1, 0.15) is 11.8 Å². The van der Waals surface area contributed by atoms with Crippen molar-refractivity contribution < 1.29 is 32.3 Å². The van der Waals surface area contributed by atoms with Gasteiger partial charge in [0, 0.05) is 12.1 Å². The SMILES string of the molecule is O=C(CC[C@@H]1NC(=O)c2ccccc2NC1=O)Nc1ccc(OC(F)(F)F)cc1. The first kappa shape index (κ1) is 20.2. The molecule has 1 aliphatic heterocycles. The molecule has 1 aliphatic rings. The van der Waals surface area contributed by atoms with Crippen LogP contribution in [0.1, 0.15) is 23.2 Å². The predicted octanol–water partition coefficient (Wildman–Crippen LogP) is 3.05. The molecule has 0 saturated heterocycles. The third-order valence-corrected chi connectivity index (χ3v) is 4.08. The molecule has 0 aromatic heterocycles. The Morgan fingerprint density at radius 2 is 1.76 bits per heavy atom. The van der Waals surface area contributed by atoms with Crippen molar-refractivity contribution in [3.8, 4) is 5.75 Å². The summed E-state index contributed by atoms with van der Waals surface area (Å²) >= 11 is 0. The van der Waals surface area contributed by atoms with E-state index in [-0.39, 0.29) is 18.5 Å². The molecule has 1 atom stereocenters. The lowest BCUT2D eigenvalue weighted by atomic mass is 10.1. The van der Waals surface area contributed by atoms with Crippen molar-refractivity contribution in [2.24, 2.45) is 0 Å². The average molecular weight is 407 g/mol. The van der Waals surface area contributed by atoms with E-state index in [4.69, 9.17) is 0 Å². The Kier molecular flexibility index (Phi) is 5.71. The Labute approximate surface area is 163 Å². The van der Waals surface area contributed by atoms with E-state index in [0.717, 1.165) is 12.1 Å². The second kappa shape index (κ2) is 8.21. The summed E-state index contributed by atoms with van der Waals surface area (Å²) in [4.78, 5) is 36.6. The van der Waals surface area contributed by atoms with E-state index in [1.807, 2.05) is 0 Å². The lowest BCUT2D eigenvalue weighted by molar-refractivity contribution is -0.274. The van der Waals surface area contributed by atoms with Gasteiger partial charge < -0.3 is 20.7 Å². The summed E-state index contributed by atoms with van der Waals surface area (Å²) in [6.07, 6.45) is -4.84. The van der Waals surface area contributed by atoms with Crippen LogP contribution in [0.3, 0.4) is 0 Å². The van der Waals surface area contributed by atoms with Crippen LogP contribution in [0.2, 0.25) is 0 Å². The molecule has 0 fully saturated rings. The van der Waals surface area contributed by atoms with Gasteiger partial charge >= 0.3 is 6.36 Å². The van der Waals surface area contributed by atoms with E-state index in [9.17, 15) is 27.6 Å². The average Bonchev–Trinajstić information content (AvgIpc) is 2.77. The molecular weight excluding hydrogens is 391 g/mol. The molecule has 10 heteroatoms. The van der Waals surface area contributed by atoms with E-state index in [2.05, 4.69) is 20.7 Å². The van der Waals surface area contributed by atoms with Crippen molar-refractivity contribution in [2.45, 2.75) is 25.2 Å². The van der Waals surface area contributed by atoms with Crippen molar-refractivity contribution >= 4 is 29.1 Å². The monoisotopic (exact) mass is 407 g/mol. The number of rotatable bonds is 5. The van der Waals surface area contributed by atoms with Crippen molar-refractivity contribution in [3.05, 3.63) is 54.1 Å². The highest BCUT2D eigenvalue weighted by molar-refractivity contribution is 6.09. The number of carbonyl (C=O) groups excluding carboxylic acids is 3. The summed E-state index contributed by atoms with van der Waals surface area (Å²) in [6.45, 7) is 0. The minimum atomic E-state index is -4.80. The third-order valence-electron chi connectivity index (χ3n) is 4.08. The van der Waals surface area contributed by atoms with Gasteiger partial charge in [0.25, 0.3) is 5.91 Å². The molecule has 2 aromatic rings. The number of alkyl halides is 3. The quantitative estimate of drug-likeness (QED) is 0.710. The maximum atomic E-state index is 12.3. The van der Waals surface area contributed by atoms with Crippen molar-refractivity contribution in [3.63, 3.8) is 0 Å². The zero-order valence-electron chi connectivity index (χ0n) is 14.9. The molecule has 0 spiro atoms. The van der Waals surface area contributed by atoms with Crippen molar-refractivity contribution in [1.82, 2.24) is 5.32 Å². The Balaban J connectivity index is 1.54. The first-order valence-corrected chi connectivity index (χ1v) is 8.58. The Morgan fingerprint density at radius 1 is 1.07 bits per heavy atom. The zero-order chi connectivity index (χ0) is 21.0. The summed E-state index contributed by atoms with van der Waals surface area (Å²) < 4.78 is 40.2. The number of halogens is 3. The van der Waals surface area contributed by atoms with Crippen LogP contribution in [0.5, 0.6) is 5.75 Å². The minimum absolute atomic E-state index is 0.0483. The van der Waals surface area contributed by atoms with Gasteiger partial charge in [-0.15, -0.1) is 13.2 Å². The second-order valence-corrected chi connectivity index (χ2v) is 6.22. The molecule has 7 nitrogen and oxygen atoms in total. The normalized spacial score (nSPS) is 16.2. The van der Waals surface area contributed by atoms with Crippen molar-refractivity contribution in [2.75, 3.05) is 10.6 Å². The lowest BCUT2D eigenvalue weighted by Crippen LogP contribution is -2.41. The first-order valence-electron chi connectivity index (χ1n) is 8.58. The summed E-state index contributed by atoms with van der Waals surface area (Å²) in [7, 11) is 0. The summed E-state index contributed by atoms with van der Waals surface area (Å²) in [5, 5.41) is 7.73. The van der Waals surface area contributed by atoms with Gasteiger partial charge in [-0.1, -0.05) is 12.1 Å². The molecule has 2 aromatic carbocycles. The fraction of sp³-hybridized carbons (Fsp3) is 0.211. The largest absolute Gasteiger partial charge is 0.573 e. The van der Waals surface area contributed by atoms with Crippen LogP contribution >= 0.6 is 0 Å². The van der Waals surface area contributed by atoms with E-state index >= 15 is 0 Å². The Bertz CT molecular complexity index is 929. The van der Waals surface area contributed by atoms with Crippen LogP contribution < -0.4 is 20.7 Å². The lowest BCUT2D eigenvalue weighted by Gasteiger charge is -2.14. The van der Waals surface area contributed by atoms with Crippen LogP contribution in [-0.2, 0) is 9.59 Å². The topological polar surface area (TPSA) is 96.5 Å². The standard InChI is InChI=1S/C19H16F3N3O4/c20-19(21,22)29-12-7-5-11(6-8-12)23-16(26)10-9-15-18(28)24-14-4-2-1-3-13(14)17(27)25-15/h1-8,15H,9-10H2,(H,23,26)(H,24,28)(H,25,27)/t15-/m0/s1. The fourth-order valence-corrected chi connectivity index (χ4v) is 2.75.